The summed E-state index contributed by atoms with van der Waals surface area (Å²) < 4.78 is 4.44. The van der Waals surface area contributed by atoms with Gasteiger partial charge in [-0.05, 0) is 42.3 Å². The second-order valence-electron chi connectivity index (χ2n) is 8.93. The number of aromatic nitrogens is 3. The van der Waals surface area contributed by atoms with E-state index in [0.29, 0.717) is 5.56 Å². The molecule has 176 valence electrons. The fourth-order valence-corrected chi connectivity index (χ4v) is 4.81. The Labute approximate surface area is 216 Å². The smallest absolute Gasteiger partial charge is 0.144 e. The summed E-state index contributed by atoms with van der Waals surface area (Å²) in [5.74, 6) is 0.790. The van der Waals surface area contributed by atoms with Gasteiger partial charge in [0.1, 0.15) is 5.82 Å². The molecule has 0 N–H and O–H groups in total. The summed E-state index contributed by atoms with van der Waals surface area (Å²) in [5, 5.41) is 9.63. The standard InChI is InChI=1S/C33H24N4/c1-24-17-18-27(21-28(24)23-34)33-35-19-20-36(33)31-22-30(25-11-5-2-6-12-25)37(29-15-9-4-10-16-29)32(31)26-13-7-3-8-14-26/h2-22H,1H3. The first kappa shape index (κ1) is 22.3. The minimum atomic E-state index is 0.655. The fraction of sp³-hybridized carbons (Fsp3) is 0.0303. The highest BCUT2D eigenvalue weighted by atomic mass is 15.1. The summed E-state index contributed by atoms with van der Waals surface area (Å²) in [6, 6.07) is 41.8. The highest BCUT2D eigenvalue weighted by Gasteiger charge is 2.22. The molecule has 0 bridgehead atoms. The zero-order chi connectivity index (χ0) is 25.2. The third kappa shape index (κ3) is 4.03. The van der Waals surface area contributed by atoms with Crippen molar-refractivity contribution in [3.05, 3.63) is 139 Å². The maximum Gasteiger partial charge on any atom is 0.144 e. The van der Waals surface area contributed by atoms with Gasteiger partial charge in [-0.1, -0.05) is 91.0 Å². The summed E-state index contributed by atoms with van der Waals surface area (Å²) in [4.78, 5) is 4.73. The van der Waals surface area contributed by atoms with Crippen molar-refractivity contribution in [1.82, 2.24) is 14.1 Å². The first-order chi connectivity index (χ1) is 18.2. The average molecular weight is 477 g/mol. The lowest BCUT2D eigenvalue weighted by molar-refractivity contribution is 1.04. The third-order valence-corrected chi connectivity index (χ3v) is 6.63. The molecule has 0 aliphatic heterocycles. The van der Waals surface area contributed by atoms with Crippen molar-refractivity contribution in [1.29, 1.82) is 5.26 Å². The largest absolute Gasteiger partial charge is 0.307 e. The number of nitrogens with zero attached hydrogens (tertiary/aromatic N) is 4. The molecule has 0 amide bonds. The molecule has 4 aromatic carbocycles. The van der Waals surface area contributed by atoms with Gasteiger partial charge in [-0.15, -0.1) is 0 Å². The van der Waals surface area contributed by atoms with Gasteiger partial charge >= 0.3 is 0 Å². The van der Waals surface area contributed by atoms with Crippen LogP contribution in [0.15, 0.2) is 128 Å². The van der Waals surface area contributed by atoms with E-state index in [2.05, 4.69) is 94.1 Å². The van der Waals surface area contributed by atoms with E-state index in [1.807, 2.05) is 55.7 Å². The van der Waals surface area contributed by atoms with Gasteiger partial charge in [-0.25, -0.2) is 4.98 Å². The number of hydrogen-bond donors (Lipinski definition) is 0. The predicted octanol–water partition coefficient (Wildman–Crippen LogP) is 7.84. The number of imidazole rings is 1. The molecule has 6 rings (SSSR count). The van der Waals surface area contributed by atoms with Crippen LogP contribution in [0.3, 0.4) is 0 Å². The lowest BCUT2D eigenvalue weighted by atomic mass is 10.1. The van der Waals surface area contributed by atoms with Crippen molar-refractivity contribution in [2.24, 2.45) is 0 Å². The van der Waals surface area contributed by atoms with Crippen LogP contribution in [0.5, 0.6) is 0 Å². The predicted molar refractivity (Wildman–Crippen MR) is 149 cm³/mol. The van der Waals surface area contributed by atoms with Crippen LogP contribution in [0, 0.1) is 18.3 Å². The van der Waals surface area contributed by atoms with Crippen LogP contribution >= 0.6 is 0 Å². The molecule has 4 nitrogen and oxygen atoms in total. The van der Waals surface area contributed by atoms with Crippen molar-refractivity contribution in [2.45, 2.75) is 6.92 Å². The van der Waals surface area contributed by atoms with Crippen LogP contribution < -0.4 is 0 Å². The second kappa shape index (κ2) is 9.49. The summed E-state index contributed by atoms with van der Waals surface area (Å²) in [6.07, 6.45) is 3.81. The van der Waals surface area contributed by atoms with E-state index in [4.69, 9.17) is 4.98 Å². The molecule has 2 heterocycles. The summed E-state index contributed by atoms with van der Waals surface area (Å²) in [5.41, 5.74) is 8.98. The highest BCUT2D eigenvalue weighted by Crippen LogP contribution is 2.39. The lowest BCUT2D eigenvalue weighted by Gasteiger charge is -2.16. The van der Waals surface area contributed by atoms with Crippen LogP contribution in [0.1, 0.15) is 11.1 Å². The molecule has 2 aromatic heterocycles. The van der Waals surface area contributed by atoms with Gasteiger partial charge in [0.2, 0.25) is 0 Å². The Hall–Kier alpha value is -5.14. The quantitative estimate of drug-likeness (QED) is 0.254. The van der Waals surface area contributed by atoms with E-state index in [9.17, 15) is 5.26 Å². The summed E-state index contributed by atoms with van der Waals surface area (Å²) >= 11 is 0. The van der Waals surface area contributed by atoms with E-state index < -0.39 is 0 Å². The Balaban J connectivity index is 1.68. The fourth-order valence-electron chi connectivity index (χ4n) is 4.81. The van der Waals surface area contributed by atoms with Crippen LogP contribution in [-0.4, -0.2) is 14.1 Å². The molecule has 0 unspecified atom stereocenters. The van der Waals surface area contributed by atoms with E-state index >= 15 is 0 Å². The summed E-state index contributed by atoms with van der Waals surface area (Å²) in [6.45, 7) is 1.95. The van der Waals surface area contributed by atoms with Crippen LogP contribution in [-0.2, 0) is 0 Å². The van der Waals surface area contributed by atoms with Crippen molar-refractivity contribution in [3.8, 4) is 51.3 Å². The molecule has 0 saturated carbocycles. The van der Waals surface area contributed by atoms with Crippen molar-refractivity contribution >= 4 is 0 Å². The number of para-hydroxylation sites is 1. The Morgan fingerprint density at radius 3 is 2.03 bits per heavy atom. The van der Waals surface area contributed by atoms with E-state index in [-0.39, 0.29) is 0 Å². The third-order valence-electron chi connectivity index (χ3n) is 6.63. The van der Waals surface area contributed by atoms with Gasteiger partial charge in [0.05, 0.1) is 28.7 Å². The molecule has 6 aromatic rings. The van der Waals surface area contributed by atoms with Crippen LogP contribution in [0.4, 0.5) is 0 Å². The van der Waals surface area contributed by atoms with Crippen molar-refractivity contribution in [2.75, 3.05) is 0 Å². The van der Waals surface area contributed by atoms with Crippen molar-refractivity contribution in [3.63, 3.8) is 0 Å². The number of aryl methyl sites for hydroxylation is 1. The first-order valence-corrected chi connectivity index (χ1v) is 12.2. The van der Waals surface area contributed by atoms with E-state index in [1.54, 1.807) is 0 Å². The number of nitriles is 1. The molecule has 37 heavy (non-hydrogen) atoms. The minimum absolute atomic E-state index is 0.655. The molecule has 0 aliphatic carbocycles. The molecular formula is C33H24N4. The molecule has 4 heteroatoms. The van der Waals surface area contributed by atoms with Gasteiger partial charge in [0.15, 0.2) is 0 Å². The van der Waals surface area contributed by atoms with Crippen LogP contribution in [0.25, 0.3) is 45.3 Å². The number of rotatable bonds is 5. The van der Waals surface area contributed by atoms with Crippen LogP contribution in [0.2, 0.25) is 0 Å². The van der Waals surface area contributed by atoms with Gasteiger partial charge in [0.25, 0.3) is 0 Å². The molecule has 0 aliphatic rings. The van der Waals surface area contributed by atoms with Crippen molar-refractivity contribution < 1.29 is 0 Å². The van der Waals surface area contributed by atoms with Gasteiger partial charge in [-0.2, -0.15) is 5.26 Å². The Morgan fingerprint density at radius 1 is 0.703 bits per heavy atom. The van der Waals surface area contributed by atoms with Gasteiger partial charge in [0, 0.05) is 29.2 Å². The topological polar surface area (TPSA) is 46.5 Å². The Bertz CT molecular complexity index is 1720. The molecule has 0 atom stereocenters. The molecule has 0 fully saturated rings. The molecule has 0 spiro atoms. The monoisotopic (exact) mass is 476 g/mol. The van der Waals surface area contributed by atoms with E-state index in [0.717, 1.165) is 50.8 Å². The highest BCUT2D eigenvalue weighted by molar-refractivity contribution is 5.82. The zero-order valence-electron chi connectivity index (χ0n) is 20.4. The normalized spacial score (nSPS) is 10.8. The Morgan fingerprint density at radius 2 is 1.35 bits per heavy atom. The van der Waals surface area contributed by atoms with Gasteiger partial charge in [-0.3, -0.25) is 4.57 Å². The number of hydrogen-bond acceptors (Lipinski definition) is 2. The Kier molecular flexibility index (Phi) is 5.72. The maximum absolute atomic E-state index is 9.63. The molecule has 0 radical (unpaired) electrons. The SMILES string of the molecule is Cc1ccc(-c2nccn2-c2cc(-c3ccccc3)n(-c3ccccc3)c2-c2ccccc2)cc1C#N. The van der Waals surface area contributed by atoms with Gasteiger partial charge < -0.3 is 4.57 Å². The summed E-state index contributed by atoms with van der Waals surface area (Å²) in [7, 11) is 0. The first-order valence-electron chi connectivity index (χ1n) is 12.2. The zero-order valence-corrected chi connectivity index (χ0v) is 20.4. The number of benzene rings is 4. The molecule has 0 saturated heterocycles. The minimum Gasteiger partial charge on any atom is -0.307 e. The maximum atomic E-state index is 9.63. The lowest BCUT2D eigenvalue weighted by Crippen LogP contribution is -2.02. The molecular weight excluding hydrogens is 452 g/mol. The van der Waals surface area contributed by atoms with E-state index in [1.165, 1.54) is 0 Å². The average Bonchev–Trinajstić information content (AvgIpc) is 3.60. The second-order valence-corrected chi connectivity index (χ2v) is 8.93.